The molecule has 0 bridgehead atoms. The van der Waals surface area contributed by atoms with Gasteiger partial charge in [0.05, 0.1) is 11.6 Å². The van der Waals surface area contributed by atoms with Gasteiger partial charge in [-0.25, -0.2) is 4.39 Å². The molecule has 0 amide bonds. The maximum Gasteiger partial charge on any atom is 0.133 e. The van der Waals surface area contributed by atoms with Crippen LogP contribution in [0.3, 0.4) is 0 Å². The van der Waals surface area contributed by atoms with Crippen LogP contribution in [0.25, 0.3) is 0 Å². The highest BCUT2D eigenvalue weighted by molar-refractivity contribution is 9.10. The van der Waals surface area contributed by atoms with Crippen molar-refractivity contribution in [2.45, 2.75) is 12.3 Å². The molecule has 2 aromatic rings. The first-order chi connectivity index (χ1) is 9.63. The van der Waals surface area contributed by atoms with Gasteiger partial charge in [-0.05, 0) is 64.3 Å². The lowest BCUT2D eigenvalue weighted by molar-refractivity contribution is 0.412. The number of hydrogen-bond acceptors (Lipinski definition) is 2. The SMILES string of the molecule is COc1ccc(CC(CN)c2cccc(F)c2)cc1Br. The minimum atomic E-state index is -0.225. The zero-order valence-electron chi connectivity index (χ0n) is 11.3. The van der Waals surface area contributed by atoms with Gasteiger partial charge in [0.1, 0.15) is 11.6 Å². The first-order valence-electron chi connectivity index (χ1n) is 6.42. The van der Waals surface area contributed by atoms with Crippen molar-refractivity contribution >= 4 is 15.9 Å². The van der Waals surface area contributed by atoms with Crippen molar-refractivity contribution in [3.8, 4) is 5.75 Å². The van der Waals surface area contributed by atoms with Crippen LogP contribution in [0.15, 0.2) is 46.9 Å². The third-order valence-electron chi connectivity index (χ3n) is 3.30. The molecule has 2 N–H and O–H groups in total. The van der Waals surface area contributed by atoms with E-state index in [1.807, 2.05) is 24.3 Å². The molecule has 0 radical (unpaired) electrons. The zero-order chi connectivity index (χ0) is 14.5. The highest BCUT2D eigenvalue weighted by Gasteiger charge is 2.12. The first-order valence-corrected chi connectivity index (χ1v) is 7.21. The third-order valence-corrected chi connectivity index (χ3v) is 3.92. The van der Waals surface area contributed by atoms with E-state index in [4.69, 9.17) is 10.5 Å². The maximum atomic E-state index is 13.3. The second-order valence-corrected chi connectivity index (χ2v) is 5.51. The molecule has 0 aliphatic rings. The molecule has 20 heavy (non-hydrogen) atoms. The van der Waals surface area contributed by atoms with Crippen LogP contribution in [-0.4, -0.2) is 13.7 Å². The Bertz CT molecular complexity index is 588. The Hall–Kier alpha value is -1.39. The van der Waals surface area contributed by atoms with E-state index in [1.165, 1.54) is 6.07 Å². The van der Waals surface area contributed by atoms with Crippen molar-refractivity contribution in [1.29, 1.82) is 0 Å². The fraction of sp³-hybridized carbons (Fsp3) is 0.250. The highest BCUT2D eigenvalue weighted by Crippen LogP contribution is 2.28. The molecule has 0 fully saturated rings. The van der Waals surface area contributed by atoms with Crippen LogP contribution in [0.2, 0.25) is 0 Å². The van der Waals surface area contributed by atoms with E-state index in [0.717, 1.165) is 27.8 Å². The van der Waals surface area contributed by atoms with Crippen molar-refractivity contribution in [1.82, 2.24) is 0 Å². The van der Waals surface area contributed by atoms with Crippen LogP contribution in [-0.2, 0) is 6.42 Å². The second kappa shape index (κ2) is 6.86. The Morgan fingerprint density at radius 1 is 1.25 bits per heavy atom. The molecule has 0 heterocycles. The van der Waals surface area contributed by atoms with E-state index >= 15 is 0 Å². The molecule has 0 spiro atoms. The Labute approximate surface area is 126 Å². The molecule has 0 aromatic heterocycles. The first kappa shape index (κ1) is 15.0. The molecule has 0 aliphatic carbocycles. The van der Waals surface area contributed by atoms with Crippen molar-refractivity contribution in [2.24, 2.45) is 5.73 Å². The predicted octanol–water partition coefficient (Wildman–Crippen LogP) is 3.88. The van der Waals surface area contributed by atoms with E-state index in [2.05, 4.69) is 15.9 Å². The molecule has 2 nitrogen and oxygen atoms in total. The lowest BCUT2D eigenvalue weighted by Gasteiger charge is -2.16. The number of methoxy groups -OCH3 is 1. The van der Waals surface area contributed by atoms with Gasteiger partial charge in [0.15, 0.2) is 0 Å². The Morgan fingerprint density at radius 2 is 2.05 bits per heavy atom. The van der Waals surface area contributed by atoms with Crippen LogP contribution in [0.5, 0.6) is 5.75 Å². The van der Waals surface area contributed by atoms with Gasteiger partial charge in [0.25, 0.3) is 0 Å². The van der Waals surface area contributed by atoms with Crippen molar-refractivity contribution < 1.29 is 9.13 Å². The van der Waals surface area contributed by atoms with Gasteiger partial charge < -0.3 is 10.5 Å². The molecule has 0 saturated heterocycles. The van der Waals surface area contributed by atoms with Gasteiger partial charge >= 0.3 is 0 Å². The minimum Gasteiger partial charge on any atom is -0.496 e. The smallest absolute Gasteiger partial charge is 0.133 e. The molecular formula is C16H17BrFNO. The van der Waals surface area contributed by atoms with Crippen LogP contribution >= 0.6 is 15.9 Å². The third kappa shape index (κ3) is 3.58. The van der Waals surface area contributed by atoms with Crippen LogP contribution in [0.4, 0.5) is 4.39 Å². The van der Waals surface area contributed by atoms with Crippen LogP contribution in [0.1, 0.15) is 17.0 Å². The van der Waals surface area contributed by atoms with E-state index in [9.17, 15) is 4.39 Å². The van der Waals surface area contributed by atoms with Gasteiger partial charge in [-0.15, -0.1) is 0 Å². The number of rotatable bonds is 5. The quantitative estimate of drug-likeness (QED) is 0.898. The summed E-state index contributed by atoms with van der Waals surface area (Å²) in [5.74, 6) is 0.673. The average molecular weight is 338 g/mol. The lowest BCUT2D eigenvalue weighted by Crippen LogP contribution is -2.15. The number of benzene rings is 2. The predicted molar refractivity (Wildman–Crippen MR) is 82.6 cm³/mol. The largest absolute Gasteiger partial charge is 0.496 e. The molecule has 4 heteroatoms. The van der Waals surface area contributed by atoms with Gasteiger partial charge in [0, 0.05) is 5.92 Å². The molecular weight excluding hydrogens is 321 g/mol. The summed E-state index contributed by atoms with van der Waals surface area (Å²) in [5.41, 5.74) is 7.90. The van der Waals surface area contributed by atoms with E-state index in [1.54, 1.807) is 19.2 Å². The van der Waals surface area contributed by atoms with Crippen LogP contribution in [0, 0.1) is 5.82 Å². The lowest BCUT2D eigenvalue weighted by atomic mass is 9.92. The summed E-state index contributed by atoms with van der Waals surface area (Å²) >= 11 is 3.47. The molecule has 2 rings (SSSR count). The Morgan fingerprint density at radius 3 is 2.65 bits per heavy atom. The molecule has 0 saturated carbocycles. The van der Waals surface area contributed by atoms with Crippen LogP contribution < -0.4 is 10.5 Å². The van der Waals surface area contributed by atoms with Crippen molar-refractivity contribution in [3.63, 3.8) is 0 Å². The Kier molecular flexibility index (Phi) is 5.15. The summed E-state index contributed by atoms with van der Waals surface area (Å²) in [6.07, 6.45) is 0.766. The normalized spacial score (nSPS) is 12.2. The molecule has 106 valence electrons. The maximum absolute atomic E-state index is 13.3. The van der Waals surface area contributed by atoms with Gasteiger partial charge in [-0.2, -0.15) is 0 Å². The second-order valence-electron chi connectivity index (χ2n) is 4.66. The fourth-order valence-electron chi connectivity index (χ4n) is 2.22. The monoisotopic (exact) mass is 337 g/mol. The molecule has 1 atom stereocenters. The number of ether oxygens (including phenoxy) is 1. The number of nitrogens with two attached hydrogens (primary N) is 1. The van der Waals surface area contributed by atoms with Crippen molar-refractivity contribution in [2.75, 3.05) is 13.7 Å². The topological polar surface area (TPSA) is 35.2 Å². The summed E-state index contributed by atoms with van der Waals surface area (Å²) in [6, 6.07) is 12.6. The van der Waals surface area contributed by atoms with Gasteiger partial charge in [-0.3, -0.25) is 0 Å². The van der Waals surface area contributed by atoms with Crippen molar-refractivity contribution in [3.05, 3.63) is 63.9 Å². The summed E-state index contributed by atoms with van der Waals surface area (Å²) < 4.78 is 19.4. The van der Waals surface area contributed by atoms with E-state index in [0.29, 0.717) is 6.54 Å². The molecule has 1 unspecified atom stereocenters. The summed E-state index contributed by atoms with van der Waals surface area (Å²) in [4.78, 5) is 0. The van der Waals surface area contributed by atoms with E-state index < -0.39 is 0 Å². The highest BCUT2D eigenvalue weighted by atomic mass is 79.9. The fourth-order valence-corrected chi connectivity index (χ4v) is 2.81. The standard InChI is InChI=1S/C16H17BrFNO/c1-20-16-6-5-11(8-15(16)17)7-13(10-19)12-3-2-4-14(18)9-12/h2-6,8-9,13H,7,10,19H2,1H3. The molecule has 2 aromatic carbocycles. The minimum absolute atomic E-state index is 0.103. The summed E-state index contributed by atoms with van der Waals surface area (Å²) in [7, 11) is 1.63. The summed E-state index contributed by atoms with van der Waals surface area (Å²) in [5, 5.41) is 0. The Balaban J connectivity index is 2.20. The average Bonchev–Trinajstić information content (AvgIpc) is 2.45. The van der Waals surface area contributed by atoms with Gasteiger partial charge in [-0.1, -0.05) is 18.2 Å². The summed E-state index contributed by atoms with van der Waals surface area (Å²) in [6.45, 7) is 0.479. The van der Waals surface area contributed by atoms with Gasteiger partial charge in [0.2, 0.25) is 0 Å². The number of hydrogen-bond donors (Lipinski definition) is 1. The zero-order valence-corrected chi connectivity index (χ0v) is 12.9. The number of halogens is 2. The van der Waals surface area contributed by atoms with E-state index in [-0.39, 0.29) is 11.7 Å². The molecule has 0 aliphatic heterocycles.